The van der Waals surface area contributed by atoms with Gasteiger partial charge in [-0.2, -0.15) is 0 Å². The van der Waals surface area contributed by atoms with Crippen molar-refractivity contribution in [2.24, 2.45) is 11.8 Å². The molecule has 1 fully saturated rings. The summed E-state index contributed by atoms with van der Waals surface area (Å²) in [4.78, 5) is 14.7. The molecule has 0 radical (unpaired) electrons. The molecular formula is C18H32N2O2. The molecule has 1 saturated heterocycles. The summed E-state index contributed by atoms with van der Waals surface area (Å²) in [6, 6.07) is 0.348. The molecule has 0 aromatic carbocycles. The van der Waals surface area contributed by atoms with Gasteiger partial charge in [-0.3, -0.25) is 4.79 Å². The summed E-state index contributed by atoms with van der Waals surface area (Å²) < 4.78 is 5.40. The molecular weight excluding hydrogens is 276 g/mol. The van der Waals surface area contributed by atoms with Gasteiger partial charge in [0.15, 0.2) is 0 Å². The molecule has 0 saturated carbocycles. The Kier molecular flexibility index (Phi) is 7.40. The van der Waals surface area contributed by atoms with Crippen molar-refractivity contribution in [1.29, 1.82) is 0 Å². The number of nitrogens with one attached hydrogen (secondary N) is 1. The van der Waals surface area contributed by atoms with Crippen LogP contribution in [-0.2, 0) is 9.53 Å². The van der Waals surface area contributed by atoms with E-state index in [-0.39, 0.29) is 5.91 Å². The molecule has 2 rings (SSSR count). The highest BCUT2D eigenvalue weighted by molar-refractivity contribution is 5.76. The number of likely N-dealkylation sites (tertiary alicyclic amines) is 1. The predicted molar refractivity (Wildman–Crippen MR) is 89.7 cm³/mol. The smallest absolute Gasteiger partial charge is 0.220 e. The second-order valence-corrected chi connectivity index (χ2v) is 6.76. The minimum absolute atomic E-state index is 0.234. The summed E-state index contributed by atoms with van der Waals surface area (Å²) in [6.45, 7) is 9.24. The zero-order chi connectivity index (χ0) is 15.8. The van der Waals surface area contributed by atoms with Gasteiger partial charge in [0, 0.05) is 45.3 Å². The van der Waals surface area contributed by atoms with Gasteiger partial charge >= 0.3 is 0 Å². The fraction of sp³-hybridized carbons (Fsp3) is 0.833. The Morgan fingerprint density at radius 1 is 1.41 bits per heavy atom. The molecule has 0 aromatic rings. The maximum atomic E-state index is 12.2. The van der Waals surface area contributed by atoms with Gasteiger partial charge in [0.25, 0.3) is 0 Å². The van der Waals surface area contributed by atoms with E-state index in [1.165, 1.54) is 0 Å². The minimum Gasteiger partial charge on any atom is -0.382 e. The van der Waals surface area contributed by atoms with E-state index in [1.54, 1.807) is 0 Å². The third-order valence-electron chi connectivity index (χ3n) is 4.86. The molecule has 4 nitrogen and oxygen atoms in total. The first-order chi connectivity index (χ1) is 10.7. The predicted octanol–water partition coefficient (Wildman–Crippen LogP) is 2.60. The number of hydrogen-bond donors (Lipinski definition) is 1. The van der Waals surface area contributed by atoms with E-state index in [4.69, 9.17) is 4.74 Å². The summed E-state index contributed by atoms with van der Waals surface area (Å²) in [7, 11) is 0. The van der Waals surface area contributed by atoms with Gasteiger partial charge in [-0.25, -0.2) is 0 Å². The van der Waals surface area contributed by atoms with Crippen LogP contribution in [-0.4, -0.2) is 49.7 Å². The second-order valence-electron chi connectivity index (χ2n) is 6.76. The fourth-order valence-corrected chi connectivity index (χ4v) is 3.55. The SMILES string of the molecule is CCOCCCN1CC[C@H](NC(=O)C[C@@H]2C=CCC2)[C@H](C)C1. The third kappa shape index (κ3) is 5.73. The molecule has 1 amide bonds. The van der Waals surface area contributed by atoms with Crippen molar-refractivity contribution in [3.8, 4) is 0 Å². The number of ether oxygens (including phenoxy) is 1. The van der Waals surface area contributed by atoms with Gasteiger partial charge in [0.2, 0.25) is 5.91 Å². The molecule has 1 aliphatic heterocycles. The first-order valence-corrected chi connectivity index (χ1v) is 8.95. The van der Waals surface area contributed by atoms with Crippen LogP contribution in [0.1, 0.15) is 46.0 Å². The fourth-order valence-electron chi connectivity index (χ4n) is 3.55. The Morgan fingerprint density at radius 2 is 2.27 bits per heavy atom. The lowest BCUT2D eigenvalue weighted by Gasteiger charge is -2.37. The van der Waals surface area contributed by atoms with Crippen molar-refractivity contribution in [1.82, 2.24) is 10.2 Å². The molecule has 1 aliphatic carbocycles. The van der Waals surface area contributed by atoms with Crippen LogP contribution in [0.25, 0.3) is 0 Å². The summed E-state index contributed by atoms with van der Waals surface area (Å²) in [5.41, 5.74) is 0. The van der Waals surface area contributed by atoms with Gasteiger partial charge < -0.3 is 15.0 Å². The van der Waals surface area contributed by atoms with E-state index in [9.17, 15) is 4.79 Å². The Labute approximate surface area is 135 Å². The summed E-state index contributed by atoms with van der Waals surface area (Å²) in [6.07, 6.45) is 9.51. The van der Waals surface area contributed by atoms with Crippen LogP contribution in [0.2, 0.25) is 0 Å². The highest BCUT2D eigenvalue weighted by Gasteiger charge is 2.27. The van der Waals surface area contributed by atoms with Crippen molar-refractivity contribution < 1.29 is 9.53 Å². The van der Waals surface area contributed by atoms with E-state index in [0.29, 0.717) is 24.3 Å². The molecule has 1 N–H and O–H groups in total. The van der Waals surface area contributed by atoms with Crippen LogP contribution in [0.4, 0.5) is 0 Å². The normalized spacial score (nSPS) is 28.9. The van der Waals surface area contributed by atoms with Gasteiger partial charge in [0.05, 0.1) is 0 Å². The number of carbonyl (C=O) groups is 1. The van der Waals surface area contributed by atoms with Crippen LogP contribution < -0.4 is 5.32 Å². The van der Waals surface area contributed by atoms with E-state index in [2.05, 4.69) is 29.3 Å². The highest BCUT2D eigenvalue weighted by atomic mass is 16.5. The van der Waals surface area contributed by atoms with E-state index in [1.807, 2.05) is 6.92 Å². The highest BCUT2D eigenvalue weighted by Crippen LogP contribution is 2.21. The zero-order valence-corrected chi connectivity index (χ0v) is 14.2. The summed E-state index contributed by atoms with van der Waals surface area (Å²) >= 11 is 0. The molecule has 22 heavy (non-hydrogen) atoms. The lowest BCUT2D eigenvalue weighted by Crippen LogP contribution is -2.50. The molecule has 0 spiro atoms. The molecule has 2 aliphatic rings. The van der Waals surface area contributed by atoms with Crippen LogP contribution in [0.3, 0.4) is 0 Å². The molecule has 1 heterocycles. The molecule has 126 valence electrons. The van der Waals surface area contributed by atoms with Gasteiger partial charge in [-0.05, 0) is 44.4 Å². The third-order valence-corrected chi connectivity index (χ3v) is 4.86. The lowest BCUT2D eigenvalue weighted by molar-refractivity contribution is -0.123. The van der Waals surface area contributed by atoms with Crippen LogP contribution in [0.15, 0.2) is 12.2 Å². The molecule has 0 aromatic heterocycles. The average Bonchev–Trinajstić information content (AvgIpc) is 2.99. The Bertz CT molecular complexity index is 370. The van der Waals surface area contributed by atoms with Crippen molar-refractivity contribution >= 4 is 5.91 Å². The Morgan fingerprint density at radius 3 is 2.95 bits per heavy atom. The number of allylic oxidation sites excluding steroid dienone is 2. The van der Waals surface area contributed by atoms with E-state index in [0.717, 1.165) is 58.5 Å². The molecule has 0 unspecified atom stereocenters. The summed E-state index contributed by atoms with van der Waals surface area (Å²) in [5, 5.41) is 3.27. The molecule has 3 atom stereocenters. The number of amides is 1. The molecule has 0 bridgehead atoms. The van der Waals surface area contributed by atoms with Crippen molar-refractivity contribution in [3.63, 3.8) is 0 Å². The second kappa shape index (κ2) is 9.31. The zero-order valence-electron chi connectivity index (χ0n) is 14.2. The maximum absolute atomic E-state index is 12.2. The summed E-state index contributed by atoms with van der Waals surface area (Å²) in [5.74, 6) is 1.23. The number of carbonyl (C=O) groups excluding carboxylic acids is 1. The largest absolute Gasteiger partial charge is 0.382 e. The van der Waals surface area contributed by atoms with Crippen LogP contribution in [0.5, 0.6) is 0 Å². The minimum atomic E-state index is 0.234. The number of rotatable bonds is 8. The van der Waals surface area contributed by atoms with Crippen molar-refractivity contribution in [2.75, 3.05) is 32.8 Å². The lowest BCUT2D eigenvalue weighted by atomic mass is 9.93. The monoisotopic (exact) mass is 308 g/mol. The van der Waals surface area contributed by atoms with Crippen LogP contribution >= 0.6 is 0 Å². The van der Waals surface area contributed by atoms with Gasteiger partial charge in [-0.1, -0.05) is 19.1 Å². The maximum Gasteiger partial charge on any atom is 0.220 e. The van der Waals surface area contributed by atoms with Crippen molar-refractivity contribution in [3.05, 3.63) is 12.2 Å². The van der Waals surface area contributed by atoms with E-state index >= 15 is 0 Å². The average molecular weight is 308 g/mol. The van der Waals surface area contributed by atoms with Crippen molar-refractivity contribution in [2.45, 2.75) is 52.0 Å². The first kappa shape index (κ1) is 17.5. The number of piperidine rings is 1. The quantitative estimate of drug-likeness (QED) is 0.553. The van der Waals surface area contributed by atoms with E-state index < -0.39 is 0 Å². The number of hydrogen-bond acceptors (Lipinski definition) is 3. The molecule has 4 heteroatoms. The Balaban J connectivity index is 1.64. The first-order valence-electron chi connectivity index (χ1n) is 8.95. The van der Waals surface area contributed by atoms with Crippen LogP contribution in [0, 0.1) is 11.8 Å². The van der Waals surface area contributed by atoms with Gasteiger partial charge in [-0.15, -0.1) is 0 Å². The van der Waals surface area contributed by atoms with Gasteiger partial charge in [0.1, 0.15) is 0 Å². The topological polar surface area (TPSA) is 41.6 Å². The number of nitrogens with zero attached hydrogens (tertiary/aromatic N) is 1. The standard InChI is InChI=1S/C18H32N2O2/c1-3-22-12-6-10-20-11-9-17(15(2)14-20)19-18(21)13-16-7-4-5-8-16/h4,7,15-17H,3,5-6,8-14H2,1-2H3,(H,19,21)/t15-,16-,17+/m1/s1. The Hall–Kier alpha value is -0.870.